The molecule has 0 radical (unpaired) electrons. The number of carbonyl (C=O) groups excluding carboxylic acids is 2. The van der Waals surface area contributed by atoms with Crippen LogP contribution in [-0.2, 0) is 14.3 Å². The number of hydrogen-bond donors (Lipinski definition) is 0. The Morgan fingerprint density at radius 2 is 2.33 bits per heavy atom. The number of pyridine rings is 1. The zero-order valence-electron chi connectivity index (χ0n) is 10.7. The van der Waals surface area contributed by atoms with E-state index in [9.17, 15) is 19.7 Å². The molecule has 2 rings (SSSR count). The molecule has 2 heterocycles. The van der Waals surface area contributed by atoms with E-state index in [-0.39, 0.29) is 34.1 Å². The van der Waals surface area contributed by atoms with Gasteiger partial charge in [0.15, 0.2) is 0 Å². The van der Waals surface area contributed by atoms with Gasteiger partial charge in [0.05, 0.1) is 22.4 Å². The molecule has 1 aliphatic heterocycles. The monoisotopic (exact) mass is 377 g/mol. The fourth-order valence-corrected chi connectivity index (χ4v) is 2.46. The number of hydrogen-bond acceptors (Lipinski definition) is 6. The number of halogens is 2. The Labute approximate surface area is 132 Å². The van der Waals surface area contributed by atoms with Gasteiger partial charge in [-0.25, -0.2) is 4.98 Å². The summed E-state index contributed by atoms with van der Waals surface area (Å²) >= 11 is 8.87. The highest BCUT2D eigenvalue weighted by Crippen LogP contribution is 2.36. The van der Waals surface area contributed by atoms with Gasteiger partial charge in [0.25, 0.3) is 0 Å². The van der Waals surface area contributed by atoms with Crippen molar-refractivity contribution in [3.05, 3.63) is 25.8 Å². The van der Waals surface area contributed by atoms with Crippen molar-refractivity contribution in [3.63, 3.8) is 0 Å². The van der Waals surface area contributed by atoms with E-state index in [0.29, 0.717) is 0 Å². The maximum absolute atomic E-state index is 12.0. The second-order valence-corrected chi connectivity index (χ2v) is 5.50. The number of rotatable bonds is 3. The van der Waals surface area contributed by atoms with E-state index < -0.39 is 22.7 Å². The summed E-state index contributed by atoms with van der Waals surface area (Å²) < 4.78 is 4.83. The van der Waals surface area contributed by atoms with E-state index in [1.54, 1.807) is 0 Å². The summed E-state index contributed by atoms with van der Waals surface area (Å²) in [6.07, 6.45) is -0.0841. The number of methoxy groups -OCH3 is 1. The van der Waals surface area contributed by atoms with Crippen LogP contribution in [0, 0.1) is 16.0 Å². The molecule has 1 unspecified atom stereocenters. The third kappa shape index (κ3) is 2.98. The minimum atomic E-state index is -0.675. The Bertz CT molecular complexity index is 639. The van der Waals surface area contributed by atoms with E-state index in [1.165, 1.54) is 13.2 Å². The summed E-state index contributed by atoms with van der Waals surface area (Å²) in [6.45, 7) is -0.0304. The number of aromatic nitrogens is 1. The van der Waals surface area contributed by atoms with Crippen LogP contribution in [0.4, 0.5) is 11.5 Å². The van der Waals surface area contributed by atoms with Crippen molar-refractivity contribution in [2.75, 3.05) is 18.6 Å². The lowest BCUT2D eigenvalue weighted by atomic mass is 10.1. The highest BCUT2D eigenvalue weighted by atomic mass is 79.9. The molecule has 1 aromatic heterocycles. The number of esters is 1. The van der Waals surface area contributed by atoms with Crippen molar-refractivity contribution in [3.8, 4) is 0 Å². The fourth-order valence-electron chi connectivity index (χ4n) is 2.02. The smallest absolute Gasteiger partial charge is 0.313 e. The largest absolute Gasteiger partial charge is 0.469 e. The van der Waals surface area contributed by atoms with Gasteiger partial charge in [-0.15, -0.1) is 0 Å². The Balaban J connectivity index is 2.42. The van der Waals surface area contributed by atoms with E-state index in [0.717, 1.165) is 4.90 Å². The van der Waals surface area contributed by atoms with Gasteiger partial charge in [-0.2, -0.15) is 0 Å². The summed E-state index contributed by atoms with van der Waals surface area (Å²) in [7, 11) is 1.21. The van der Waals surface area contributed by atoms with Gasteiger partial charge in [-0.3, -0.25) is 24.6 Å². The minimum absolute atomic E-state index is 0.00934. The number of anilines is 1. The van der Waals surface area contributed by atoms with Crippen LogP contribution in [0.1, 0.15) is 6.42 Å². The molecule has 0 aromatic carbocycles. The molecular formula is C11H9BrClN3O5. The SMILES string of the molecule is COC(=O)C1CC(=O)N(c2nc(Cl)c(Br)cc2[N+](=O)[O-])C1. The van der Waals surface area contributed by atoms with Gasteiger partial charge >= 0.3 is 11.7 Å². The molecule has 112 valence electrons. The first-order valence-electron chi connectivity index (χ1n) is 5.73. The molecule has 1 fully saturated rings. The third-order valence-electron chi connectivity index (χ3n) is 3.01. The first-order chi connectivity index (χ1) is 9.85. The second kappa shape index (κ2) is 5.94. The fraction of sp³-hybridized carbons (Fsp3) is 0.364. The van der Waals surface area contributed by atoms with Gasteiger partial charge in [0.1, 0.15) is 5.15 Å². The van der Waals surface area contributed by atoms with E-state index in [4.69, 9.17) is 11.6 Å². The summed E-state index contributed by atoms with van der Waals surface area (Å²) in [6, 6.07) is 1.17. The van der Waals surface area contributed by atoms with Crippen LogP contribution in [0.3, 0.4) is 0 Å². The third-order valence-corrected chi connectivity index (χ3v) is 4.13. The summed E-state index contributed by atoms with van der Waals surface area (Å²) in [5, 5.41) is 11.1. The highest BCUT2D eigenvalue weighted by Gasteiger charge is 2.39. The molecule has 1 amide bonds. The summed E-state index contributed by atoms with van der Waals surface area (Å²) in [4.78, 5) is 38.8. The van der Waals surface area contributed by atoms with Crippen LogP contribution in [0.25, 0.3) is 0 Å². The quantitative estimate of drug-likeness (QED) is 0.345. The maximum Gasteiger partial charge on any atom is 0.313 e. The average Bonchev–Trinajstić information content (AvgIpc) is 2.82. The van der Waals surface area contributed by atoms with Crippen molar-refractivity contribution in [1.29, 1.82) is 0 Å². The standard InChI is InChI=1S/C11H9BrClN3O5/c1-21-11(18)5-2-8(17)15(4-5)10-7(16(19)20)3-6(12)9(13)14-10/h3,5H,2,4H2,1H3. The molecule has 0 spiro atoms. The second-order valence-electron chi connectivity index (χ2n) is 4.29. The van der Waals surface area contributed by atoms with Crippen molar-refractivity contribution < 1.29 is 19.2 Å². The lowest BCUT2D eigenvalue weighted by Gasteiger charge is -2.15. The van der Waals surface area contributed by atoms with E-state index >= 15 is 0 Å². The topological polar surface area (TPSA) is 103 Å². The molecule has 1 saturated heterocycles. The molecular weight excluding hydrogens is 369 g/mol. The van der Waals surface area contributed by atoms with E-state index in [1.807, 2.05) is 0 Å². The van der Waals surface area contributed by atoms with Crippen LogP contribution in [0.2, 0.25) is 5.15 Å². The Hall–Kier alpha value is -1.74. The Morgan fingerprint density at radius 1 is 1.67 bits per heavy atom. The van der Waals surface area contributed by atoms with Crippen LogP contribution in [0.15, 0.2) is 10.5 Å². The van der Waals surface area contributed by atoms with Gasteiger partial charge in [0, 0.05) is 19.0 Å². The van der Waals surface area contributed by atoms with E-state index in [2.05, 4.69) is 25.7 Å². The van der Waals surface area contributed by atoms with Crippen molar-refractivity contribution in [2.24, 2.45) is 5.92 Å². The van der Waals surface area contributed by atoms with Crippen LogP contribution >= 0.6 is 27.5 Å². The minimum Gasteiger partial charge on any atom is -0.469 e. The molecule has 0 aliphatic carbocycles. The molecule has 0 bridgehead atoms. The van der Waals surface area contributed by atoms with Crippen LogP contribution in [-0.4, -0.2) is 35.4 Å². The Kier molecular flexibility index (Phi) is 4.43. The summed E-state index contributed by atoms with van der Waals surface area (Å²) in [5.41, 5.74) is -0.370. The van der Waals surface area contributed by atoms with Crippen LogP contribution in [0.5, 0.6) is 0 Å². The molecule has 1 aromatic rings. The number of nitro groups is 1. The van der Waals surface area contributed by atoms with Crippen LogP contribution < -0.4 is 4.90 Å². The van der Waals surface area contributed by atoms with Crippen molar-refractivity contribution >= 4 is 50.9 Å². The molecule has 21 heavy (non-hydrogen) atoms. The normalized spacial score (nSPS) is 18.0. The first-order valence-corrected chi connectivity index (χ1v) is 6.91. The summed E-state index contributed by atoms with van der Waals surface area (Å²) in [5.74, 6) is -1.84. The van der Waals surface area contributed by atoms with Gasteiger partial charge in [-0.05, 0) is 15.9 Å². The first kappa shape index (κ1) is 15.6. The molecule has 1 atom stereocenters. The zero-order chi connectivity index (χ0) is 15.7. The average molecular weight is 379 g/mol. The lowest BCUT2D eigenvalue weighted by Crippen LogP contribution is -2.28. The predicted molar refractivity (Wildman–Crippen MR) is 76.1 cm³/mol. The number of amides is 1. The molecule has 1 aliphatic rings. The highest BCUT2D eigenvalue weighted by molar-refractivity contribution is 9.10. The van der Waals surface area contributed by atoms with Gasteiger partial charge < -0.3 is 4.74 Å². The lowest BCUT2D eigenvalue weighted by molar-refractivity contribution is -0.384. The molecule has 0 saturated carbocycles. The van der Waals surface area contributed by atoms with Gasteiger partial charge in [-0.1, -0.05) is 11.6 Å². The number of ether oxygens (including phenoxy) is 1. The predicted octanol–water partition coefficient (Wildman–Crippen LogP) is 1.93. The maximum atomic E-state index is 12.0. The van der Waals surface area contributed by atoms with Gasteiger partial charge in [0.2, 0.25) is 11.7 Å². The molecule has 8 nitrogen and oxygen atoms in total. The van der Waals surface area contributed by atoms with Crippen molar-refractivity contribution in [2.45, 2.75) is 6.42 Å². The van der Waals surface area contributed by atoms with Crippen molar-refractivity contribution in [1.82, 2.24) is 4.98 Å². The number of nitrogens with zero attached hydrogens (tertiary/aromatic N) is 3. The Morgan fingerprint density at radius 3 is 2.90 bits per heavy atom. The number of carbonyl (C=O) groups is 2. The molecule has 10 heteroatoms. The molecule has 0 N–H and O–H groups in total. The zero-order valence-corrected chi connectivity index (χ0v) is 13.0.